The molecule has 0 atom stereocenters. The molecule has 0 spiro atoms. The Kier molecular flexibility index (Phi) is 3.64. The van der Waals surface area contributed by atoms with Crippen molar-refractivity contribution < 1.29 is 4.39 Å². The standard InChI is InChI=1S/C16H15ClFN3/c1-10-7-9-19-16-15(10)20-14(6-8-17)21(16)13-5-3-4-12(18)11(13)2/h3-5,7,9H,6,8H2,1-2H3. The van der Waals surface area contributed by atoms with Crippen LogP contribution in [0.3, 0.4) is 0 Å². The van der Waals surface area contributed by atoms with Crippen LogP contribution in [-0.4, -0.2) is 20.4 Å². The molecule has 0 saturated carbocycles. The van der Waals surface area contributed by atoms with Gasteiger partial charge in [0.1, 0.15) is 17.2 Å². The number of nitrogens with zero attached hydrogens (tertiary/aromatic N) is 3. The molecule has 21 heavy (non-hydrogen) atoms. The lowest BCUT2D eigenvalue weighted by Gasteiger charge is -2.11. The fourth-order valence-electron chi connectivity index (χ4n) is 2.48. The maximum Gasteiger partial charge on any atom is 0.164 e. The summed E-state index contributed by atoms with van der Waals surface area (Å²) in [5, 5.41) is 0. The van der Waals surface area contributed by atoms with Crippen molar-refractivity contribution in [3.63, 3.8) is 0 Å². The molecule has 2 aromatic heterocycles. The topological polar surface area (TPSA) is 30.7 Å². The van der Waals surface area contributed by atoms with Crippen molar-refractivity contribution in [1.82, 2.24) is 14.5 Å². The minimum atomic E-state index is -0.237. The average Bonchev–Trinajstić information content (AvgIpc) is 2.82. The van der Waals surface area contributed by atoms with Gasteiger partial charge in [-0.1, -0.05) is 6.07 Å². The first-order chi connectivity index (χ1) is 10.1. The van der Waals surface area contributed by atoms with Crippen LogP contribution in [-0.2, 0) is 6.42 Å². The number of aromatic nitrogens is 3. The van der Waals surface area contributed by atoms with E-state index in [-0.39, 0.29) is 5.82 Å². The van der Waals surface area contributed by atoms with Crippen LogP contribution in [0, 0.1) is 19.7 Å². The van der Waals surface area contributed by atoms with Crippen molar-refractivity contribution in [3.05, 3.63) is 53.2 Å². The van der Waals surface area contributed by atoms with Crippen LogP contribution in [0.4, 0.5) is 4.39 Å². The Hall–Kier alpha value is -1.94. The Labute approximate surface area is 127 Å². The number of halogens is 2. The van der Waals surface area contributed by atoms with Crippen molar-refractivity contribution >= 4 is 22.8 Å². The van der Waals surface area contributed by atoms with E-state index in [9.17, 15) is 4.39 Å². The van der Waals surface area contributed by atoms with E-state index in [1.807, 2.05) is 23.6 Å². The molecular weight excluding hydrogens is 289 g/mol. The fraction of sp³-hybridized carbons (Fsp3) is 0.250. The highest BCUT2D eigenvalue weighted by molar-refractivity contribution is 6.17. The molecule has 5 heteroatoms. The van der Waals surface area contributed by atoms with Gasteiger partial charge in [-0.15, -0.1) is 11.6 Å². The van der Waals surface area contributed by atoms with Gasteiger partial charge in [0, 0.05) is 24.1 Å². The number of rotatable bonds is 3. The normalized spacial score (nSPS) is 11.2. The maximum absolute atomic E-state index is 13.9. The highest BCUT2D eigenvalue weighted by Gasteiger charge is 2.17. The van der Waals surface area contributed by atoms with E-state index in [4.69, 9.17) is 11.6 Å². The van der Waals surface area contributed by atoms with Gasteiger partial charge in [-0.05, 0) is 37.6 Å². The summed E-state index contributed by atoms with van der Waals surface area (Å²) >= 11 is 5.89. The molecule has 0 aliphatic rings. The molecule has 0 aliphatic carbocycles. The number of aryl methyl sites for hydroxylation is 2. The minimum Gasteiger partial charge on any atom is -0.280 e. The van der Waals surface area contributed by atoms with Gasteiger partial charge < -0.3 is 0 Å². The number of pyridine rings is 1. The lowest BCUT2D eigenvalue weighted by molar-refractivity contribution is 0.616. The van der Waals surface area contributed by atoms with Crippen molar-refractivity contribution in [2.75, 3.05) is 5.88 Å². The molecule has 1 aromatic carbocycles. The lowest BCUT2D eigenvalue weighted by Crippen LogP contribution is -2.05. The summed E-state index contributed by atoms with van der Waals surface area (Å²) in [6, 6.07) is 6.95. The quantitative estimate of drug-likeness (QED) is 0.686. The van der Waals surface area contributed by atoms with E-state index in [0.717, 1.165) is 28.2 Å². The Morgan fingerprint density at radius 3 is 2.81 bits per heavy atom. The smallest absolute Gasteiger partial charge is 0.164 e. The van der Waals surface area contributed by atoms with Gasteiger partial charge >= 0.3 is 0 Å². The van der Waals surface area contributed by atoms with Gasteiger partial charge in [0.05, 0.1) is 5.69 Å². The van der Waals surface area contributed by atoms with Crippen LogP contribution in [0.5, 0.6) is 0 Å². The molecule has 3 nitrogen and oxygen atoms in total. The van der Waals surface area contributed by atoms with Crippen LogP contribution >= 0.6 is 11.6 Å². The molecule has 0 amide bonds. The predicted octanol–water partition coefficient (Wildman–Crippen LogP) is 3.96. The van der Waals surface area contributed by atoms with Crippen LogP contribution in [0.15, 0.2) is 30.5 Å². The molecule has 0 aliphatic heterocycles. The largest absolute Gasteiger partial charge is 0.280 e. The lowest BCUT2D eigenvalue weighted by atomic mass is 10.2. The van der Waals surface area contributed by atoms with E-state index < -0.39 is 0 Å². The Bertz CT molecular complexity index is 811. The molecule has 0 unspecified atom stereocenters. The zero-order valence-electron chi connectivity index (χ0n) is 11.9. The van der Waals surface area contributed by atoms with Crippen molar-refractivity contribution in [2.45, 2.75) is 20.3 Å². The van der Waals surface area contributed by atoms with E-state index in [2.05, 4.69) is 9.97 Å². The van der Waals surface area contributed by atoms with Crippen LogP contribution in [0.25, 0.3) is 16.9 Å². The molecule has 3 rings (SSSR count). The van der Waals surface area contributed by atoms with Crippen LogP contribution in [0.2, 0.25) is 0 Å². The number of benzene rings is 1. The summed E-state index contributed by atoms with van der Waals surface area (Å²) < 4.78 is 15.8. The number of alkyl halides is 1. The monoisotopic (exact) mass is 303 g/mol. The van der Waals surface area contributed by atoms with Crippen molar-refractivity contribution in [1.29, 1.82) is 0 Å². The van der Waals surface area contributed by atoms with E-state index in [1.165, 1.54) is 6.07 Å². The van der Waals surface area contributed by atoms with Gasteiger partial charge in [0.25, 0.3) is 0 Å². The highest BCUT2D eigenvalue weighted by Crippen LogP contribution is 2.25. The number of hydrogen-bond acceptors (Lipinski definition) is 2. The minimum absolute atomic E-state index is 0.237. The summed E-state index contributed by atoms with van der Waals surface area (Å²) in [6.45, 7) is 3.75. The first-order valence-electron chi connectivity index (χ1n) is 6.78. The number of fused-ring (bicyclic) bond motifs is 1. The summed E-state index contributed by atoms with van der Waals surface area (Å²) in [4.78, 5) is 9.07. The first kappa shape index (κ1) is 14.0. The molecule has 0 saturated heterocycles. The summed E-state index contributed by atoms with van der Waals surface area (Å²) in [5.41, 5.74) is 3.96. The van der Waals surface area contributed by atoms with Gasteiger partial charge in [0.2, 0.25) is 0 Å². The second kappa shape index (κ2) is 5.45. The van der Waals surface area contributed by atoms with Crippen LogP contribution in [0.1, 0.15) is 17.0 Å². The first-order valence-corrected chi connectivity index (χ1v) is 7.31. The third-order valence-corrected chi connectivity index (χ3v) is 3.80. The molecular formula is C16H15ClFN3. The average molecular weight is 304 g/mol. The third kappa shape index (κ3) is 2.29. The second-order valence-corrected chi connectivity index (χ2v) is 5.36. The van der Waals surface area contributed by atoms with E-state index >= 15 is 0 Å². The Balaban J connectivity index is 2.37. The fourth-order valence-corrected chi connectivity index (χ4v) is 2.65. The number of imidazole rings is 1. The Morgan fingerprint density at radius 1 is 1.24 bits per heavy atom. The molecule has 108 valence electrons. The molecule has 0 N–H and O–H groups in total. The van der Waals surface area contributed by atoms with E-state index in [0.29, 0.717) is 17.9 Å². The van der Waals surface area contributed by atoms with Gasteiger partial charge in [-0.2, -0.15) is 0 Å². The second-order valence-electron chi connectivity index (χ2n) is 4.99. The molecule has 0 bridgehead atoms. The van der Waals surface area contributed by atoms with Gasteiger partial charge in [0.15, 0.2) is 5.65 Å². The van der Waals surface area contributed by atoms with Gasteiger partial charge in [-0.3, -0.25) is 4.57 Å². The van der Waals surface area contributed by atoms with Crippen molar-refractivity contribution in [2.24, 2.45) is 0 Å². The molecule has 0 radical (unpaired) electrons. The highest BCUT2D eigenvalue weighted by atomic mass is 35.5. The van der Waals surface area contributed by atoms with Crippen LogP contribution < -0.4 is 0 Å². The molecule has 0 fully saturated rings. The number of hydrogen-bond donors (Lipinski definition) is 0. The zero-order valence-corrected chi connectivity index (χ0v) is 12.7. The predicted molar refractivity (Wildman–Crippen MR) is 82.7 cm³/mol. The zero-order chi connectivity index (χ0) is 15.0. The summed E-state index contributed by atoms with van der Waals surface area (Å²) in [5.74, 6) is 1.02. The van der Waals surface area contributed by atoms with E-state index in [1.54, 1.807) is 19.2 Å². The summed E-state index contributed by atoms with van der Waals surface area (Å²) in [7, 11) is 0. The maximum atomic E-state index is 13.9. The van der Waals surface area contributed by atoms with Gasteiger partial charge in [-0.25, -0.2) is 14.4 Å². The van der Waals surface area contributed by atoms with Crippen molar-refractivity contribution in [3.8, 4) is 5.69 Å². The summed E-state index contributed by atoms with van der Waals surface area (Å²) in [6.07, 6.45) is 2.35. The Morgan fingerprint density at radius 2 is 2.05 bits per heavy atom. The molecule has 2 heterocycles. The SMILES string of the molecule is Cc1c(F)cccc1-n1c(CCCl)nc2c(C)ccnc21. The third-order valence-electron chi connectivity index (χ3n) is 3.62. The molecule has 3 aromatic rings.